The van der Waals surface area contributed by atoms with Crippen molar-refractivity contribution < 1.29 is 13.9 Å². The summed E-state index contributed by atoms with van der Waals surface area (Å²) in [5.74, 6) is -0.163. The van der Waals surface area contributed by atoms with Gasteiger partial charge in [-0.3, -0.25) is 19.8 Å². The molecule has 0 saturated carbocycles. The largest absolute Gasteiger partial charge is 0.439 e. The molecule has 1 N–H and O–H groups in total. The van der Waals surface area contributed by atoms with Crippen LogP contribution in [0, 0.1) is 0 Å². The minimum absolute atomic E-state index is 0.102. The fraction of sp³-hybridized carbons (Fsp3) is 0.238. The third-order valence-electron chi connectivity index (χ3n) is 4.71. The third-order valence-corrected chi connectivity index (χ3v) is 5.20. The molecule has 0 unspecified atom stereocenters. The molecule has 2 aromatic carbocycles. The number of anilines is 1. The second-order valence-electron chi connectivity index (χ2n) is 6.72. The first-order chi connectivity index (χ1) is 14.0. The van der Waals surface area contributed by atoms with E-state index in [0.29, 0.717) is 52.9 Å². The van der Waals surface area contributed by atoms with Crippen LogP contribution in [0.4, 0.5) is 5.88 Å². The first-order valence-electron chi connectivity index (χ1n) is 9.13. The number of hydrogen-bond donors (Lipinski definition) is 1. The minimum atomic E-state index is -0.280. The van der Waals surface area contributed by atoms with Gasteiger partial charge in [-0.15, -0.1) is 0 Å². The molecule has 150 valence electrons. The number of rotatable bonds is 4. The molecule has 0 radical (unpaired) electrons. The molecule has 1 amide bonds. The van der Waals surface area contributed by atoms with Gasteiger partial charge in [-0.1, -0.05) is 35.3 Å². The van der Waals surface area contributed by atoms with Crippen molar-refractivity contribution in [3.8, 4) is 11.1 Å². The number of amides is 1. The topological polar surface area (TPSA) is 71.8 Å². The molecule has 29 heavy (non-hydrogen) atoms. The summed E-state index contributed by atoms with van der Waals surface area (Å²) in [5, 5.41) is 4.07. The molecule has 0 atom stereocenters. The molecular weight excluding hydrogens is 415 g/mol. The number of morpholine rings is 1. The summed E-state index contributed by atoms with van der Waals surface area (Å²) >= 11 is 12.0. The highest BCUT2D eigenvalue weighted by atomic mass is 35.5. The lowest BCUT2D eigenvalue weighted by Crippen LogP contribution is -2.41. The summed E-state index contributed by atoms with van der Waals surface area (Å²) in [6.07, 6.45) is 0. The molecule has 0 bridgehead atoms. The van der Waals surface area contributed by atoms with Crippen LogP contribution in [-0.4, -0.2) is 43.7 Å². The Kier molecular flexibility index (Phi) is 5.87. The van der Waals surface area contributed by atoms with E-state index in [1.165, 1.54) is 0 Å². The summed E-state index contributed by atoms with van der Waals surface area (Å²) in [6, 6.07) is 11.6. The van der Waals surface area contributed by atoms with Gasteiger partial charge < -0.3 is 9.15 Å². The fourth-order valence-corrected chi connectivity index (χ4v) is 3.56. The molecule has 2 heterocycles. The van der Waals surface area contributed by atoms with Gasteiger partial charge in [0, 0.05) is 23.1 Å². The lowest BCUT2D eigenvalue weighted by molar-refractivity contribution is -0.118. The highest BCUT2D eigenvalue weighted by molar-refractivity contribution is 6.31. The third kappa shape index (κ3) is 4.46. The van der Waals surface area contributed by atoms with Gasteiger partial charge in [-0.2, -0.15) is 0 Å². The van der Waals surface area contributed by atoms with E-state index in [1.54, 1.807) is 42.5 Å². The number of halogens is 2. The molecule has 1 saturated heterocycles. The van der Waals surface area contributed by atoms with E-state index in [4.69, 9.17) is 32.4 Å². The Hall–Kier alpha value is -2.38. The van der Waals surface area contributed by atoms with E-state index < -0.39 is 0 Å². The van der Waals surface area contributed by atoms with Crippen LogP contribution >= 0.6 is 23.2 Å². The van der Waals surface area contributed by atoms with Crippen molar-refractivity contribution in [2.24, 2.45) is 0 Å². The van der Waals surface area contributed by atoms with E-state index in [1.807, 2.05) is 4.90 Å². The standard InChI is InChI=1S/C21H18Cl2N2O4/c22-14-3-1-13(2-4-14)19-20(27)16-11-15(23)5-6-17(16)29-21(19)24-18(26)12-25-7-9-28-10-8-25/h1-6,11H,7-10,12H2,(H,24,26). The van der Waals surface area contributed by atoms with Crippen LogP contribution in [0.3, 0.4) is 0 Å². The van der Waals surface area contributed by atoms with Crippen LogP contribution in [-0.2, 0) is 9.53 Å². The number of hydrogen-bond acceptors (Lipinski definition) is 5. The quantitative estimate of drug-likeness (QED) is 0.673. The van der Waals surface area contributed by atoms with Crippen LogP contribution in [0.2, 0.25) is 10.0 Å². The highest BCUT2D eigenvalue weighted by Crippen LogP contribution is 2.30. The van der Waals surface area contributed by atoms with Gasteiger partial charge in [0.1, 0.15) is 5.58 Å². The smallest absolute Gasteiger partial charge is 0.240 e. The number of benzene rings is 2. The van der Waals surface area contributed by atoms with Gasteiger partial charge in [0.05, 0.1) is 30.7 Å². The average Bonchev–Trinajstić information content (AvgIpc) is 2.71. The van der Waals surface area contributed by atoms with Gasteiger partial charge >= 0.3 is 0 Å². The molecule has 4 rings (SSSR count). The normalized spacial score (nSPS) is 14.8. The minimum Gasteiger partial charge on any atom is -0.439 e. The maximum absolute atomic E-state index is 13.2. The Morgan fingerprint density at radius 1 is 1.03 bits per heavy atom. The Morgan fingerprint density at radius 2 is 1.72 bits per heavy atom. The molecule has 3 aromatic rings. The van der Waals surface area contributed by atoms with Gasteiger partial charge in [-0.05, 0) is 35.9 Å². The summed E-state index contributed by atoms with van der Waals surface area (Å²) in [6.45, 7) is 2.73. The molecule has 6 nitrogen and oxygen atoms in total. The lowest BCUT2D eigenvalue weighted by Gasteiger charge is -2.25. The summed E-state index contributed by atoms with van der Waals surface area (Å²) in [7, 11) is 0. The zero-order valence-corrected chi connectivity index (χ0v) is 16.9. The molecule has 1 fully saturated rings. The number of ether oxygens (including phenoxy) is 1. The monoisotopic (exact) mass is 432 g/mol. The number of nitrogens with one attached hydrogen (secondary N) is 1. The van der Waals surface area contributed by atoms with Crippen molar-refractivity contribution in [1.82, 2.24) is 4.90 Å². The van der Waals surface area contributed by atoms with Crippen molar-refractivity contribution >= 4 is 46.0 Å². The van der Waals surface area contributed by atoms with Crippen molar-refractivity contribution in [2.75, 3.05) is 38.2 Å². The van der Waals surface area contributed by atoms with Crippen molar-refractivity contribution in [1.29, 1.82) is 0 Å². The van der Waals surface area contributed by atoms with Gasteiger partial charge in [0.15, 0.2) is 0 Å². The van der Waals surface area contributed by atoms with E-state index in [0.717, 1.165) is 0 Å². The van der Waals surface area contributed by atoms with Gasteiger partial charge in [0.25, 0.3) is 0 Å². The average molecular weight is 433 g/mol. The zero-order valence-electron chi connectivity index (χ0n) is 15.4. The maximum Gasteiger partial charge on any atom is 0.240 e. The van der Waals surface area contributed by atoms with Crippen molar-refractivity contribution in [2.45, 2.75) is 0 Å². The van der Waals surface area contributed by atoms with E-state index >= 15 is 0 Å². The summed E-state index contributed by atoms with van der Waals surface area (Å²) in [5.41, 5.74) is 0.912. The number of fused-ring (bicyclic) bond motifs is 1. The Balaban J connectivity index is 1.75. The van der Waals surface area contributed by atoms with E-state index in [-0.39, 0.29) is 29.3 Å². The number of carbonyl (C=O) groups is 1. The van der Waals surface area contributed by atoms with Crippen LogP contribution in [0.15, 0.2) is 51.7 Å². The molecule has 1 aliphatic heterocycles. The molecule has 1 aliphatic rings. The molecule has 0 aliphatic carbocycles. The molecule has 1 aromatic heterocycles. The predicted octanol–water partition coefficient (Wildman–Crippen LogP) is 4.04. The van der Waals surface area contributed by atoms with Gasteiger partial charge in [-0.25, -0.2) is 0 Å². The van der Waals surface area contributed by atoms with Gasteiger partial charge in [0.2, 0.25) is 17.2 Å². The Labute approximate surface area is 177 Å². The summed E-state index contributed by atoms with van der Waals surface area (Å²) < 4.78 is 11.2. The Bertz CT molecular complexity index is 1110. The summed E-state index contributed by atoms with van der Waals surface area (Å²) in [4.78, 5) is 27.8. The predicted molar refractivity (Wildman–Crippen MR) is 114 cm³/mol. The first-order valence-corrected chi connectivity index (χ1v) is 9.89. The second-order valence-corrected chi connectivity index (χ2v) is 7.59. The number of nitrogens with zero attached hydrogens (tertiary/aromatic N) is 1. The fourth-order valence-electron chi connectivity index (χ4n) is 3.26. The lowest BCUT2D eigenvalue weighted by atomic mass is 10.0. The van der Waals surface area contributed by atoms with Crippen molar-refractivity contribution in [3.63, 3.8) is 0 Å². The molecule has 8 heteroatoms. The SMILES string of the molecule is O=C(CN1CCOCC1)Nc1oc2ccc(Cl)cc2c(=O)c1-c1ccc(Cl)cc1. The van der Waals surface area contributed by atoms with E-state index in [9.17, 15) is 9.59 Å². The zero-order chi connectivity index (χ0) is 20.4. The molecule has 0 spiro atoms. The first kappa shape index (κ1) is 19.9. The van der Waals surface area contributed by atoms with Crippen LogP contribution in [0.25, 0.3) is 22.1 Å². The molecular formula is C21H18Cl2N2O4. The van der Waals surface area contributed by atoms with Crippen molar-refractivity contribution in [3.05, 3.63) is 62.7 Å². The Morgan fingerprint density at radius 3 is 2.45 bits per heavy atom. The van der Waals surface area contributed by atoms with Crippen LogP contribution in [0.5, 0.6) is 0 Å². The number of carbonyl (C=O) groups excluding carboxylic acids is 1. The van der Waals surface area contributed by atoms with Crippen LogP contribution in [0.1, 0.15) is 0 Å². The van der Waals surface area contributed by atoms with Crippen LogP contribution < -0.4 is 10.7 Å². The second kappa shape index (κ2) is 8.55. The maximum atomic E-state index is 13.2. The highest BCUT2D eigenvalue weighted by Gasteiger charge is 2.20. The van der Waals surface area contributed by atoms with E-state index in [2.05, 4.69) is 5.32 Å².